The van der Waals surface area contributed by atoms with Crippen LogP contribution in [0.4, 0.5) is 0 Å². The van der Waals surface area contributed by atoms with Crippen molar-refractivity contribution >= 4 is 0 Å². The van der Waals surface area contributed by atoms with Crippen molar-refractivity contribution in [3.05, 3.63) is 0 Å². The summed E-state index contributed by atoms with van der Waals surface area (Å²) in [6.45, 7) is 17.0. The van der Waals surface area contributed by atoms with Gasteiger partial charge in [0.05, 0.1) is 12.7 Å². The van der Waals surface area contributed by atoms with Crippen LogP contribution in [0.2, 0.25) is 0 Å². The summed E-state index contributed by atoms with van der Waals surface area (Å²) in [4.78, 5) is 0. The Balaban J connectivity index is 1.32. The molecular formula is C34H62O6. The summed E-state index contributed by atoms with van der Waals surface area (Å²) >= 11 is 0. The molecule has 4 fully saturated rings. The molecule has 3 aliphatic carbocycles. The van der Waals surface area contributed by atoms with E-state index in [1.54, 1.807) is 0 Å². The quantitative estimate of drug-likeness (QED) is 0.262. The topological polar surface area (TPSA) is 99.4 Å². The van der Waals surface area contributed by atoms with Crippen LogP contribution in [0.1, 0.15) is 119 Å². The fraction of sp³-hybridized carbons (Fsp3) is 1.00. The monoisotopic (exact) mass is 566 g/mol. The van der Waals surface area contributed by atoms with Gasteiger partial charge in [-0.3, -0.25) is 0 Å². The lowest BCUT2D eigenvalue weighted by Crippen LogP contribution is -2.59. The van der Waals surface area contributed by atoms with Crippen LogP contribution in [0.3, 0.4) is 0 Å². The minimum absolute atomic E-state index is 0.0480. The molecule has 4 N–H and O–H groups in total. The van der Waals surface area contributed by atoms with Crippen LogP contribution >= 0.6 is 0 Å². The predicted octanol–water partition coefficient (Wildman–Crippen LogP) is 5.93. The van der Waals surface area contributed by atoms with Crippen molar-refractivity contribution in [1.82, 2.24) is 0 Å². The maximum atomic E-state index is 10.4. The first-order valence-electron chi connectivity index (χ1n) is 16.8. The Morgan fingerprint density at radius 2 is 1.52 bits per heavy atom. The number of fused-ring (bicyclic) bond motifs is 1. The smallest absolute Gasteiger partial charge is 0.186 e. The first-order chi connectivity index (χ1) is 18.9. The zero-order valence-electron chi connectivity index (χ0n) is 26.6. The highest BCUT2D eigenvalue weighted by molar-refractivity contribution is 5.05. The molecule has 0 radical (unpaired) electrons. The van der Waals surface area contributed by atoms with Crippen molar-refractivity contribution in [3.8, 4) is 0 Å². The molecule has 0 aromatic heterocycles. The third-order valence-electron chi connectivity index (χ3n) is 13.0. The van der Waals surface area contributed by atoms with Gasteiger partial charge in [0.2, 0.25) is 0 Å². The van der Waals surface area contributed by atoms with E-state index in [1.165, 1.54) is 44.9 Å². The van der Waals surface area contributed by atoms with Crippen molar-refractivity contribution in [2.24, 2.45) is 52.3 Å². The van der Waals surface area contributed by atoms with Crippen LogP contribution in [0, 0.1) is 52.3 Å². The number of hydrogen-bond acceptors (Lipinski definition) is 6. The van der Waals surface area contributed by atoms with E-state index in [9.17, 15) is 20.4 Å². The molecule has 6 nitrogen and oxygen atoms in total. The van der Waals surface area contributed by atoms with Crippen molar-refractivity contribution in [1.29, 1.82) is 0 Å². The fourth-order valence-electron chi connectivity index (χ4n) is 10.3. The molecule has 1 saturated heterocycles. The van der Waals surface area contributed by atoms with E-state index in [4.69, 9.17) is 9.47 Å². The van der Waals surface area contributed by atoms with Gasteiger partial charge in [0.25, 0.3) is 0 Å². The molecule has 1 aliphatic heterocycles. The molecule has 0 aromatic rings. The highest BCUT2D eigenvalue weighted by atomic mass is 16.7. The van der Waals surface area contributed by atoms with Crippen LogP contribution in [0.15, 0.2) is 0 Å². The molecule has 0 amide bonds. The molecule has 0 aromatic carbocycles. The maximum absolute atomic E-state index is 10.4. The Hall–Kier alpha value is -0.240. The van der Waals surface area contributed by atoms with Gasteiger partial charge in [0.1, 0.15) is 24.4 Å². The van der Waals surface area contributed by atoms with Gasteiger partial charge in [-0.1, -0.05) is 61.3 Å². The largest absolute Gasteiger partial charge is 0.394 e. The highest BCUT2D eigenvalue weighted by Crippen LogP contribution is 2.64. The average molecular weight is 567 g/mol. The molecular weight excluding hydrogens is 504 g/mol. The molecule has 3 saturated carbocycles. The summed E-state index contributed by atoms with van der Waals surface area (Å²) < 4.78 is 11.8. The van der Waals surface area contributed by atoms with Gasteiger partial charge < -0.3 is 29.9 Å². The fourth-order valence-corrected chi connectivity index (χ4v) is 10.3. The van der Waals surface area contributed by atoms with Gasteiger partial charge in [0, 0.05) is 0 Å². The normalized spacial score (nSPS) is 47.7. The second-order valence-electron chi connectivity index (χ2n) is 15.5. The SMILES string of the molecule is CC[C@H](CC[C@@H](C)[C@H]1CCC2C(C)C(C3(C)CCC(O[C@@H]4OC(CO)[C@H](O)C(O)[C@@H]4O)CC3)CC[C@@]21C)C(C)C. The number of rotatable bonds is 10. The Morgan fingerprint density at radius 3 is 2.12 bits per heavy atom. The van der Waals surface area contributed by atoms with Gasteiger partial charge in [0.15, 0.2) is 6.29 Å². The third kappa shape index (κ3) is 6.33. The predicted molar refractivity (Wildman–Crippen MR) is 158 cm³/mol. The number of hydrogen-bond donors (Lipinski definition) is 4. The molecule has 1 heterocycles. The molecule has 5 unspecified atom stereocenters. The second-order valence-corrected chi connectivity index (χ2v) is 15.5. The van der Waals surface area contributed by atoms with E-state index in [1.807, 2.05) is 0 Å². The molecule has 0 spiro atoms. The number of aliphatic hydroxyl groups is 4. The van der Waals surface area contributed by atoms with Gasteiger partial charge in [-0.25, -0.2) is 0 Å². The minimum Gasteiger partial charge on any atom is -0.394 e. The van der Waals surface area contributed by atoms with Crippen LogP contribution in [-0.2, 0) is 9.47 Å². The molecule has 40 heavy (non-hydrogen) atoms. The standard InChI is InChI=1S/C34H62O6/c1-8-23(20(2)3)10-9-21(4)25-11-12-27-22(5)26(15-18-34(25,27)7)33(6)16-13-24(14-17-33)39-32-31(38)30(37)29(36)28(19-35)40-32/h20-32,35-38H,8-19H2,1-7H3/t21-,22?,23-,24?,25-,26?,27?,28?,29+,30?,31+,32-,33?,34-/m1/s1. The Bertz CT molecular complexity index is 793. The molecule has 4 aliphatic rings. The van der Waals surface area contributed by atoms with Crippen LogP contribution in [0.5, 0.6) is 0 Å². The van der Waals surface area contributed by atoms with Crippen molar-refractivity contribution in [3.63, 3.8) is 0 Å². The highest BCUT2D eigenvalue weighted by Gasteiger charge is 2.56. The first kappa shape index (κ1) is 32.7. The summed E-state index contributed by atoms with van der Waals surface area (Å²) in [7, 11) is 0. The van der Waals surface area contributed by atoms with Gasteiger partial charge in [-0.15, -0.1) is 0 Å². The molecule has 4 rings (SSSR count). The van der Waals surface area contributed by atoms with Gasteiger partial charge >= 0.3 is 0 Å². The Labute approximate surface area is 244 Å². The number of aliphatic hydroxyl groups excluding tert-OH is 4. The number of ether oxygens (including phenoxy) is 2. The Kier molecular flexibility index (Phi) is 10.8. The van der Waals surface area contributed by atoms with E-state index in [-0.39, 0.29) is 6.10 Å². The maximum Gasteiger partial charge on any atom is 0.186 e. The summed E-state index contributed by atoms with van der Waals surface area (Å²) in [5.74, 6) is 5.63. The van der Waals surface area contributed by atoms with Crippen LogP contribution < -0.4 is 0 Å². The summed E-state index contributed by atoms with van der Waals surface area (Å²) in [5.41, 5.74) is 0.778. The van der Waals surface area contributed by atoms with Crippen LogP contribution in [-0.4, -0.2) is 63.8 Å². The summed E-state index contributed by atoms with van der Waals surface area (Å²) in [5, 5.41) is 40.1. The molecule has 234 valence electrons. The lowest BCUT2D eigenvalue weighted by molar-refractivity contribution is -0.314. The molecule has 12 atom stereocenters. The van der Waals surface area contributed by atoms with E-state index in [0.29, 0.717) is 10.8 Å². The van der Waals surface area contributed by atoms with Crippen molar-refractivity contribution in [2.75, 3.05) is 6.61 Å². The molecule has 0 bridgehead atoms. The van der Waals surface area contributed by atoms with Gasteiger partial charge in [-0.2, -0.15) is 0 Å². The van der Waals surface area contributed by atoms with Crippen molar-refractivity contribution < 1.29 is 29.9 Å². The van der Waals surface area contributed by atoms with Gasteiger partial charge in [-0.05, 0) is 110 Å². The third-order valence-corrected chi connectivity index (χ3v) is 13.0. The molecule has 6 heteroatoms. The van der Waals surface area contributed by atoms with E-state index in [0.717, 1.165) is 67.1 Å². The zero-order valence-corrected chi connectivity index (χ0v) is 26.6. The second kappa shape index (κ2) is 13.2. The van der Waals surface area contributed by atoms with E-state index < -0.39 is 37.3 Å². The zero-order chi connectivity index (χ0) is 29.4. The van der Waals surface area contributed by atoms with Crippen molar-refractivity contribution in [2.45, 2.75) is 156 Å². The first-order valence-corrected chi connectivity index (χ1v) is 16.8. The minimum atomic E-state index is -1.39. The van der Waals surface area contributed by atoms with Crippen LogP contribution in [0.25, 0.3) is 0 Å². The average Bonchev–Trinajstić information content (AvgIpc) is 3.28. The Morgan fingerprint density at radius 1 is 0.850 bits per heavy atom. The summed E-state index contributed by atoms with van der Waals surface area (Å²) in [6.07, 6.45) is 7.53. The summed E-state index contributed by atoms with van der Waals surface area (Å²) in [6, 6.07) is 0. The lowest BCUT2D eigenvalue weighted by atomic mass is 9.50. The van der Waals surface area contributed by atoms with E-state index >= 15 is 0 Å². The lowest BCUT2D eigenvalue weighted by Gasteiger charge is -2.55. The van der Waals surface area contributed by atoms with E-state index in [2.05, 4.69) is 48.5 Å².